The topological polar surface area (TPSA) is 101 Å². The maximum absolute atomic E-state index is 11.5. The first-order chi connectivity index (χ1) is 9.02. The van der Waals surface area contributed by atoms with Gasteiger partial charge in [-0.2, -0.15) is 0 Å². The SMILES string of the molecule is COC(CNC(=O)NC(C)Cc1ccco1)C(=O)O. The van der Waals surface area contributed by atoms with Crippen molar-refractivity contribution in [1.29, 1.82) is 0 Å². The smallest absolute Gasteiger partial charge is 0.334 e. The normalized spacial score (nSPS) is 13.6. The quantitative estimate of drug-likeness (QED) is 0.674. The lowest BCUT2D eigenvalue weighted by Gasteiger charge is -2.15. The third-order valence-corrected chi connectivity index (χ3v) is 2.47. The van der Waals surface area contributed by atoms with Crippen molar-refractivity contribution in [3.8, 4) is 0 Å². The molecule has 0 bridgehead atoms. The van der Waals surface area contributed by atoms with Crippen LogP contribution < -0.4 is 10.6 Å². The molecule has 0 aliphatic heterocycles. The minimum absolute atomic E-state index is 0.0921. The van der Waals surface area contributed by atoms with Crippen LogP contribution in [0.5, 0.6) is 0 Å². The van der Waals surface area contributed by atoms with Crippen LogP contribution in [0, 0.1) is 0 Å². The van der Waals surface area contributed by atoms with Crippen LogP contribution in [0.4, 0.5) is 4.79 Å². The number of carboxylic acids is 1. The number of aliphatic carboxylic acids is 1. The molecular formula is C12H18N2O5. The van der Waals surface area contributed by atoms with Gasteiger partial charge in [-0.3, -0.25) is 0 Å². The van der Waals surface area contributed by atoms with Crippen LogP contribution in [0.2, 0.25) is 0 Å². The predicted molar refractivity (Wildman–Crippen MR) is 66.8 cm³/mol. The first-order valence-electron chi connectivity index (χ1n) is 5.85. The number of urea groups is 1. The van der Waals surface area contributed by atoms with Crippen molar-refractivity contribution >= 4 is 12.0 Å². The zero-order valence-corrected chi connectivity index (χ0v) is 10.9. The summed E-state index contributed by atoms with van der Waals surface area (Å²) < 4.78 is 9.86. The highest BCUT2D eigenvalue weighted by Crippen LogP contribution is 2.03. The van der Waals surface area contributed by atoms with E-state index >= 15 is 0 Å². The third-order valence-electron chi connectivity index (χ3n) is 2.47. The van der Waals surface area contributed by atoms with Crippen molar-refractivity contribution < 1.29 is 23.8 Å². The zero-order valence-electron chi connectivity index (χ0n) is 10.9. The zero-order chi connectivity index (χ0) is 14.3. The van der Waals surface area contributed by atoms with Crippen LogP contribution >= 0.6 is 0 Å². The largest absolute Gasteiger partial charge is 0.479 e. The highest BCUT2D eigenvalue weighted by molar-refractivity contribution is 5.77. The molecule has 7 heteroatoms. The minimum atomic E-state index is -1.12. The highest BCUT2D eigenvalue weighted by atomic mass is 16.5. The van der Waals surface area contributed by atoms with E-state index in [1.54, 1.807) is 12.3 Å². The van der Waals surface area contributed by atoms with E-state index in [0.717, 1.165) is 5.76 Å². The number of amides is 2. The molecule has 1 aromatic heterocycles. The summed E-state index contributed by atoms with van der Waals surface area (Å²) in [7, 11) is 1.28. The van der Waals surface area contributed by atoms with Gasteiger partial charge in [-0.1, -0.05) is 0 Å². The van der Waals surface area contributed by atoms with E-state index in [9.17, 15) is 9.59 Å². The molecule has 2 amide bonds. The summed E-state index contributed by atoms with van der Waals surface area (Å²) in [4.78, 5) is 22.2. The number of carbonyl (C=O) groups is 2. The lowest BCUT2D eigenvalue weighted by Crippen LogP contribution is -2.46. The molecule has 1 rings (SSSR count). The lowest BCUT2D eigenvalue weighted by molar-refractivity contribution is -0.147. The Labute approximate surface area is 110 Å². The fourth-order valence-corrected chi connectivity index (χ4v) is 1.51. The van der Waals surface area contributed by atoms with Crippen molar-refractivity contribution in [3.05, 3.63) is 24.2 Å². The van der Waals surface area contributed by atoms with Crippen molar-refractivity contribution in [2.24, 2.45) is 0 Å². The molecule has 0 spiro atoms. The summed E-state index contributed by atoms with van der Waals surface area (Å²) in [5.74, 6) is -0.348. The molecule has 3 N–H and O–H groups in total. The van der Waals surface area contributed by atoms with Gasteiger partial charge in [0.05, 0.1) is 12.8 Å². The Hall–Kier alpha value is -2.02. The van der Waals surface area contributed by atoms with Crippen LogP contribution in [0.3, 0.4) is 0 Å². The summed E-state index contributed by atoms with van der Waals surface area (Å²) in [6.45, 7) is 1.73. The number of carboxylic acid groups (broad SMARTS) is 1. The molecule has 0 saturated heterocycles. The fraction of sp³-hybridized carbons (Fsp3) is 0.500. The average molecular weight is 270 g/mol. The van der Waals surface area contributed by atoms with Crippen molar-refractivity contribution in [2.45, 2.75) is 25.5 Å². The van der Waals surface area contributed by atoms with Gasteiger partial charge in [0, 0.05) is 19.6 Å². The molecule has 1 heterocycles. The van der Waals surface area contributed by atoms with E-state index < -0.39 is 18.1 Å². The van der Waals surface area contributed by atoms with E-state index in [-0.39, 0.29) is 12.6 Å². The Balaban J connectivity index is 2.28. The molecule has 19 heavy (non-hydrogen) atoms. The molecular weight excluding hydrogens is 252 g/mol. The second-order valence-electron chi connectivity index (χ2n) is 4.10. The highest BCUT2D eigenvalue weighted by Gasteiger charge is 2.17. The van der Waals surface area contributed by atoms with Gasteiger partial charge >= 0.3 is 12.0 Å². The standard InChI is InChI=1S/C12H18N2O5/c1-8(6-9-4-3-5-19-9)14-12(17)13-7-10(18-2)11(15)16/h3-5,8,10H,6-7H2,1-2H3,(H,15,16)(H2,13,14,17). The van der Waals surface area contributed by atoms with Crippen LogP contribution in [-0.4, -0.2) is 42.9 Å². The molecule has 0 saturated carbocycles. The van der Waals surface area contributed by atoms with Crippen molar-refractivity contribution in [2.75, 3.05) is 13.7 Å². The second kappa shape index (κ2) is 7.42. The number of methoxy groups -OCH3 is 1. The molecule has 0 aliphatic carbocycles. The van der Waals surface area contributed by atoms with Gasteiger partial charge in [-0.25, -0.2) is 9.59 Å². The summed E-state index contributed by atoms with van der Waals surface area (Å²) in [6.07, 6.45) is 1.08. The molecule has 2 atom stereocenters. The van der Waals surface area contributed by atoms with Gasteiger partial charge in [-0.15, -0.1) is 0 Å². The minimum Gasteiger partial charge on any atom is -0.479 e. The van der Waals surface area contributed by atoms with E-state index in [1.807, 2.05) is 13.0 Å². The van der Waals surface area contributed by atoms with Gasteiger partial charge in [-0.05, 0) is 19.1 Å². The van der Waals surface area contributed by atoms with Gasteiger partial charge in [0.15, 0.2) is 6.10 Å². The van der Waals surface area contributed by atoms with E-state index in [4.69, 9.17) is 14.3 Å². The molecule has 0 aromatic carbocycles. The molecule has 2 unspecified atom stereocenters. The number of furan rings is 1. The molecule has 7 nitrogen and oxygen atoms in total. The third kappa shape index (κ3) is 5.43. The van der Waals surface area contributed by atoms with Crippen LogP contribution in [0.1, 0.15) is 12.7 Å². The number of ether oxygens (including phenoxy) is 1. The number of nitrogens with one attached hydrogen (secondary N) is 2. The summed E-state index contributed by atoms with van der Waals surface area (Å²) >= 11 is 0. The lowest BCUT2D eigenvalue weighted by atomic mass is 10.2. The van der Waals surface area contributed by atoms with Crippen LogP contribution in [0.15, 0.2) is 22.8 Å². The Kier molecular flexibility index (Phi) is 5.87. The summed E-state index contributed by atoms with van der Waals surface area (Å²) in [5.41, 5.74) is 0. The van der Waals surface area contributed by atoms with Gasteiger partial charge in [0.25, 0.3) is 0 Å². The van der Waals surface area contributed by atoms with E-state index in [0.29, 0.717) is 6.42 Å². The first kappa shape index (κ1) is 15.0. The Morgan fingerprint density at radius 2 is 2.26 bits per heavy atom. The van der Waals surface area contributed by atoms with Gasteiger partial charge in [0.1, 0.15) is 5.76 Å². The van der Waals surface area contributed by atoms with Crippen LogP contribution in [-0.2, 0) is 16.0 Å². The van der Waals surface area contributed by atoms with Crippen LogP contribution in [0.25, 0.3) is 0 Å². The van der Waals surface area contributed by atoms with Gasteiger partial charge in [0.2, 0.25) is 0 Å². The Morgan fingerprint density at radius 1 is 1.53 bits per heavy atom. The monoisotopic (exact) mass is 270 g/mol. The first-order valence-corrected chi connectivity index (χ1v) is 5.85. The number of rotatable bonds is 7. The van der Waals surface area contributed by atoms with Crippen molar-refractivity contribution in [1.82, 2.24) is 10.6 Å². The molecule has 0 radical (unpaired) electrons. The molecule has 1 aromatic rings. The Morgan fingerprint density at radius 3 is 2.79 bits per heavy atom. The maximum atomic E-state index is 11.5. The summed E-state index contributed by atoms with van der Waals surface area (Å²) in [5, 5.41) is 13.8. The van der Waals surface area contributed by atoms with E-state index in [1.165, 1.54) is 7.11 Å². The number of carbonyl (C=O) groups excluding carboxylic acids is 1. The number of hydrogen-bond acceptors (Lipinski definition) is 4. The summed E-state index contributed by atoms with van der Waals surface area (Å²) in [6, 6.07) is 3.03. The predicted octanol–water partition coefficient (Wildman–Crippen LogP) is 0.609. The molecule has 0 aliphatic rings. The average Bonchev–Trinajstić information content (AvgIpc) is 2.81. The molecule has 0 fully saturated rings. The van der Waals surface area contributed by atoms with E-state index in [2.05, 4.69) is 10.6 Å². The van der Waals surface area contributed by atoms with Crippen molar-refractivity contribution in [3.63, 3.8) is 0 Å². The van der Waals surface area contributed by atoms with Gasteiger partial charge < -0.3 is 24.9 Å². The molecule has 106 valence electrons. The fourth-order valence-electron chi connectivity index (χ4n) is 1.51. The maximum Gasteiger partial charge on any atom is 0.334 e. The number of hydrogen-bond donors (Lipinski definition) is 3. The second-order valence-corrected chi connectivity index (χ2v) is 4.10. The Bertz CT molecular complexity index is 404.